The van der Waals surface area contributed by atoms with Gasteiger partial charge in [0.05, 0.1) is 39.9 Å². The van der Waals surface area contributed by atoms with Crippen molar-refractivity contribution < 1.29 is 32.9 Å². The Morgan fingerprint density at radius 1 is 0.729 bits per heavy atom. The lowest BCUT2D eigenvalue weighted by Gasteiger charge is -2.30. The molecule has 3 atom stereocenters. The van der Waals surface area contributed by atoms with Gasteiger partial charge in [-0.1, -0.05) is 147 Å². The quantitative estimate of drug-likeness (QED) is 0.0295. The summed E-state index contributed by atoms with van der Waals surface area (Å²) in [5.74, 6) is -0.179. The molecule has 0 aromatic carbocycles. The van der Waals surface area contributed by atoms with E-state index in [4.69, 9.17) is 9.05 Å². The number of carbonyl (C=O) groups excluding carboxylic acids is 1. The molecule has 0 aromatic rings. The minimum atomic E-state index is -4.56. The fraction of sp³-hybridized carbons (Fsp3) is 0.872. The molecule has 0 saturated heterocycles. The molecule has 0 aliphatic carbocycles. The van der Waals surface area contributed by atoms with Gasteiger partial charge in [0.25, 0.3) is 7.82 Å². The van der Waals surface area contributed by atoms with Crippen molar-refractivity contribution >= 4 is 13.7 Å². The van der Waals surface area contributed by atoms with E-state index in [9.17, 15) is 19.4 Å². The summed E-state index contributed by atoms with van der Waals surface area (Å²) >= 11 is 0. The summed E-state index contributed by atoms with van der Waals surface area (Å²) in [5, 5.41) is 13.8. The second-order valence-corrected chi connectivity index (χ2v) is 16.1. The largest absolute Gasteiger partial charge is 0.756 e. The molecule has 0 saturated carbocycles. The highest BCUT2D eigenvalue weighted by Gasteiger charge is 2.24. The van der Waals surface area contributed by atoms with Gasteiger partial charge in [-0.25, -0.2) is 0 Å². The first-order chi connectivity index (χ1) is 23.0. The third kappa shape index (κ3) is 33.5. The maximum Gasteiger partial charge on any atom is 0.268 e. The number of unbranched alkanes of at least 4 members (excludes halogenated alkanes) is 19. The van der Waals surface area contributed by atoms with Crippen LogP contribution in [0.3, 0.4) is 0 Å². The first-order valence-corrected chi connectivity index (χ1v) is 21.2. The number of amides is 1. The average Bonchev–Trinajstić information content (AvgIpc) is 3.02. The highest BCUT2D eigenvalue weighted by Crippen LogP contribution is 2.38. The second kappa shape index (κ2) is 31.9. The van der Waals surface area contributed by atoms with Crippen molar-refractivity contribution in [3.8, 4) is 0 Å². The summed E-state index contributed by atoms with van der Waals surface area (Å²) in [4.78, 5) is 25.2. The van der Waals surface area contributed by atoms with Gasteiger partial charge in [-0.05, 0) is 38.5 Å². The first-order valence-electron chi connectivity index (χ1n) is 19.7. The molecule has 9 heteroatoms. The minimum absolute atomic E-state index is 0.00976. The van der Waals surface area contributed by atoms with Gasteiger partial charge in [0.15, 0.2) is 0 Å². The van der Waals surface area contributed by atoms with Crippen LogP contribution in [0, 0.1) is 0 Å². The third-order valence-electron chi connectivity index (χ3n) is 8.72. The van der Waals surface area contributed by atoms with Crippen molar-refractivity contribution in [2.75, 3.05) is 40.9 Å². The lowest BCUT2D eigenvalue weighted by molar-refractivity contribution is -0.870. The van der Waals surface area contributed by atoms with Crippen molar-refractivity contribution in [3.63, 3.8) is 0 Å². The maximum atomic E-state index is 12.8. The van der Waals surface area contributed by atoms with E-state index >= 15 is 0 Å². The third-order valence-corrected chi connectivity index (χ3v) is 9.68. The van der Waals surface area contributed by atoms with E-state index in [0.717, 1.165) is 51.4 Å². The molecule has 284 valence electrons. The molecule has 8 nitrogen and oxygen atoms in total. The average molecular weight is 701 g/mol. The molecule has 0 fully saturated rings. The normalized spacial score (nSPS) is 14.9. The number of nitrogens with zero attached hydrogens (tertiary/aromatic N) is 1. The van der Waals surface area contributed by atoms with Crippen LogP contribution in [0.15, 0.2) is 24.3 Å². The molecule has 48 heavy (non-hydrogen) atoms. The predicted molar refractivity (Wildman–Crippen MR) is 201 cm³/mol. The molecule has 0 aliphatic rings. The van der Waals surface area contributed by atoms with E-state index in [1.54, 1.807) is 0 Å². The zero-order valence-electron chi connectivity index (χ0n) is 31.9. The van der Waals surface area contributed by atoms with Crippen LogP contribution in [0.25, 0.3) is 0 Å². The summed E-state index contributed by atoms with van der Waals surface area (Å²) in [6.07, 6.45) is 34.5. The van der Waals surface area contributed by atoms with Crippen LogP contribution in [0.2, 0.25) is 0 Å². The van der Waals surface area contributed by atoms with Crippen LogP contribution in [-0.4, -0.2) is 68.5 Å². The van der Waals surface area contributed by atoms with Gasteiger partial charge >= 0.3 is 0 Å². The predicted octanol–water partition coefficient (Wildman–Crippen LogP) is 9.55. The number of aliphatic hydroxyl groups excluding tert-OH is 1. The molecular formula is C39H77N2O6P. The van der Waals surface area contributed by atoms with Gasteiger partial charge in [0.1, 0.15) is 13.2 Å². The number of carbonyl (C=O) groups is 1. The van der Waals surface area contributed by atoms with Crippen LogP contribution < -0.4 is 10.2 Å². The fourth-order valence-corrected chi connectivity index (χ4v) is 6.22. The molecule has 0 rings (SSSR count). The van der Waals surface area contributed by atoms with E-state index in [-0.39, 0.29) is 19.1 Å². The van der Waals surface area contributed by atoms with Crippen LogP contribution in [-0.2, 0) is 18.4 Å². The Hall–Kier alpha value is -1.02. The highest BCUT2D eigenvalue weighted by atomic mass is 31.2. The molecule has 1 amide bonds. The molecule has 0 radical (unpaired) electrons. The summed E-state index contributed by atoms with van der Waals surface area (Å²) in [5.41, 5.74) is 0. The lowest BCUT2D eigenvalue weighted by Crippen LogP contribution is -2.46. The first kappa shape index (κ1) is 47.0. The smallest absolute Gasteiger partial charge is 0.268 e. The minimum Gasteiger partial charge on any atom is -0.756 e. The zero-order valence-corrected chi connectivity index (χ0v) is 32.8. The fourth-order valence-electron chi connectivity index (χ4n) is 5.50. The summed E-state index contributed by atoms with van der Waals surface area (Å²) in [7, 11) is 1.29. The van der Waals surface area contributed by atoms with Gasteiger partial charge in [-0.2, -0.15) is 0 Å². The van der Waals surface area contributed by atoms with Crippen molar-refractivity contribution in [1.82, 2.24) is 5.32 Å². The lowest BCUT2D eigenvalue weighted by atomic mass is 10.0. The number of rotatable bonds is 35. The Morgan fingerprint density at radius 2 is 1.19 bits per heavy atom. The van der Waals surface area contributed by atoms with E-state index in [0.29, 0.717) is 23.9 Å². The van der Waals surface area contributed by atoms with Crippen LogP contribution in [0.1, 0.15) is 168 Å². The zero-order chi connectivity index (χ0) is 35.8. The Balaban J connectivity index is 4.46. The number of phosphoric ester groups is 1. The standard InChI is InChI=1S/C39H77N2O6P/c1-6-8-10-12-14-16-18-19-20-21-23-25-27-29-31-33-39(43)40-37(36-47-48(44,45)46-35-34-41(3,4)5)38(42)32-30-28-26-24-22-17-15-13-11-9-7-2/h14,16,18-19,37-38,42H,6-13,15,17,20-36H2,1-5H3,(H-,40,43,44,45)/b16-14-,19-18-. The SMILES string of the molecule is CCCCC/C=C\C=C/CCCCCCCCC(=O)NC(COP(=O)([O-])OCC[N+](C)(C)C)C(O)CCCCCCCCCCCCC. The molecular weight excluding hydrogens is 623 g/mol. The molecule has 2 N–H and O–H groups in total. The van der Waals surface area contributed by atoms with E-state index in [1.165, 1.54) is 89.9 Å². The van der Waals surface area contributed by atoms with Crippen LogP contribution >= 0.6 is 7.82 Å². The van der Waals surface area contributed by atoms with Crippen molar-refractivity contribution in [2.24, 2.45) is 0 Å². The molecule has 0 heterocycles. The van der Waals surface area contributed by atoms with Crippen molar-refractivity contribution in [3.05, 3.63) is 24.3 Å². The Kier molecular flexibility index (Phi) is 31.2. The Bertz CT molecular complexity index is 845. The topological polar surface area (TPSA) is 108 Å². The van der Waals surface area contributed by atoms with E-state index in [2.05, 4.69) is 43.5 Å². The molecule has 0 aromatic heterocycles. The number of likely N-dealkylation sites (N-methyl/N-ethyl adjacent to an activating group) is 1. The Morgan fingerprint density at radius 3 is 1.73 bits per heavy atom. The number of allylic oxidation sites excluding steroid dienone is 4. The summed E-state index contributed by atoms with van der Waals surface area (Å²) < 4.78 is 23.1. The number of hydrogen-bond acceptors (Lipinski definition) is 6. The van der Waals surface area contributed by atoms with Crippen LogP contribution in [0.4, 0.5) is 0 Å². The summed E-state index contributed by atoms with van der Waals surface area (Å²) in [6.45, 7) is 4.65. The molecule has 3 unspecified atom stereocenters. The van der Waals surface area contributed by atoms with E-state index in [1.807, 2.05) is 21.1 Å². The molecule has 0 spiro atoms. The van der Waals surface area contributed by atoms with Gasteiger partial charge in [0.2, 0.25) is 5.91 Å². The van der Waals surface area contributed by atoms with Crippen molar-refractivity contribution in [1.29, 1.82) is 0 Å². The second-order valence-electron chi connectivity index (χ2n) is 14.7. The Labute approximate surface area is 296 Å². The van der Waals surface area contributed by atoms with Gasteiger partial charge in [-0.3, -0.25) is 9.36 Å². The van der Waals surface area contributed by atoms with Gasteiger partial charge < -0.3 is 28.8 Å². The molecule has 0 bridgehead atoms. The van der Waals surface area contributed by atoms with Crippen molar-refractivity contribution in [2.45, 2.75) is 180 Å². The van der Waals surface area contributed by atoms with Crippen LogP contribution in [0.5, 0.6) is 0 Å². The summed E-state index contributed by atoms with van der Waals surface area (Å²) in [6, 6.07) is -0.802. The number of hydrogen-bond donors (Lipinski definition) is 2. The number of quaternary nitrogens is 1. The van der Waals surface area contributed by atoms with Gasteiger partial charge in [-0.15, -0.1) is 0 Å². The number of nitrogens with one attached hydrogen (secondary N) is 1. The number of aliphatic hydroxyl groups is 1. The van der Waals surface area contributed by atoms with E-state index < -0.39 is 20.0 Å². The highest BCUT2D eigenvalue weighted by molar-refractivity contribution is 7.45. The molecule has 0 aliphatic heterocycles. The maximum absolute atomic E-state index is 12.8. The van der Waals surface area contributed by atoms with Gasteiger partial charge in [0, 0.05) is 6.42 Å². The monoisotopic (exact) mass is 701 g/mol. The number of phosphoric acid groups is 1.